The number of ether oxygens (including phenoxy) is 2. The molecule has 11 nitrogen and oxygen atoms in total. The zero-order valence-electron chi connectivity index (χ0n) is 25.3. The maximum Gasteiger partial charge on any atom is 0.335 e. The van der Waals surface area contributed by atoms with Gasteiger partial charge in [-0.25, -0.2) is 14.7 Å². The summed E-state index contributed by atoms with van der Waals surface area (Å²) in [6.45, 7) is 11.7. The van der Waals surface area contributed by atoms with E-state index < -0.39 is 6.03 Å². The highest BCUT2D eigenvalue weighted by molar-refractivity contribution is 6.42. The Morgan fingerprint density at radius 3 is 2.45 bits per heavy atom. The molecular weight excluding hydrogens is 605 g/mol. The lowest BCUT2D eigenvalue weighted by atomic mass is 10.1. The first-order chi connectivity index (χ1) is 21.3. The van der Waals surface area contributed by atoms with Gasteiger partial charge < -0.3 is 25.0 Å². The van der Waals surface area contributed by atoms with Gasteiger partial charge in [0.1, 0.15) is 21.5 Å². The zero-order chi connectivity index (χ0) is 31.8. The number of nitrogens with zero attached hydrogens (tertiary/aromatic N) is 5. The average Bonchev–Trinajstić information content (AvgIpc) is 3.03. The number of benzene rings is 2. The molecule has 13 heteroatoms. The maximum absolute atomic E-state index is 14.4. The molecule has 2 N–H and O–H groups in total. The van der Waals surface area contributed by atoms with Crippen LogP contribution >= 0.6 is 23.2 Å². The van der Waals surface area contributed by atoms with Crippen LogP contribution in [0.1, 0.15) is 32.3 Å². The number of carbonyl (C=O) groups is 2. The number of rotatable bonds is 14. The van der Waals surface area contributed by atoms with Gasteiger partial charge >= 0.3 is 6.03 Å². The predicted octanol–water partition coefficient (Wildman–Crippen LogP) is 6.74. The molecule has 0 unspecified atom stereocenters. The van der Waals surface area contributed by atoms with Crippen molar-refractivity contribution >= 4 is 64.0 Å². The van der Waals surface area contributed by atoms with Crippen LogP contribution < -0.4 is 29.9 Å². The highest BCUT2D eigenvalue weighted by atomic mass is 35.5. The number of halogens is 2. The second kappa shape index (κ2) is 15.1. The van der Waals surface area contributed by atoms with Gasteiger partial charge in [0.15, 0.2) is 5.82 Å². The normalized spacial score (nSPS) is 12.7. The maximum atomic E-state index is 14.4. The highest BCUT2D eigenvalue weighted by Crippen LogP contribution is 2.48. The molecule has 3 amide bonds. The Morgan fingerprint density at radius 2 is 1.82 bits per heavy atom. The summed E-state index contributed by atoms with van der Waals surface area (Å²) < 4.78 is 10.9. The first-order valence-electron chi connectivity index (χ1n) is 14.3. The van der Waals surface area contributed by atoms with Gasteiger partial charge in [0.25, 0.3) is 0 Å². The number of amides is 3. The fourth-order valence-electron chi connectivity index (χ4n) is 4.87. The van der Waals surface area contributed by atoms with Gasteiger partial charge in [0.2, 0.25) is 11.9 Å². The lowest BCUT2D eigenvalue weighted by Crippen LogP contribution is -2.46. The van der Waals surface area contributed by atoms with Gasteiger partial charge in [-0.2, -0.15) is 4.98 Å². The molecule has 0 saturated carbocycles. The fourth-order valence-corrected chi connectivity index (χ4v) is 5.58. The van der Waals surface area contributed by atoms with Gasteiger partial charge in [0, 0.05) is 30.1 Å². The third-order valence-corrected chi connectivity index (χ3v) is 7.99. The summed E-state index contributed by atoms with van der Waals surface area (Å²) in [5.41, 5.74) is 1.79. The van der Waals surface area contributed by atoms with Gasteiger partial charge in [-0.05, 0) is 56.8 Å². The summed E-state index contributed by atoms with van der Waals surface area (Å²) in [4.78, 5) is 40.9. The van der Waals surface area contributed by atoms with E-state index in [0.717, 1.165) is 32.5 Å². The predicted molar refractivity (Wildman–Crippen MR) is 176 cm³/mol. The van der Waals surface area contributed by atoms with E-state index >= 15 is 0 Å². The van der Waals surface area contributed by atoms with E-state index in [0.29, 0.717) is 46.7 Å². The average molecular weight is 643 g/mol. The van der Waals surface area contributed by atoms with E-state index in [2.05, 4.69) is 40.9 Å². The van der Waals surface area contributed by atoms with Crippen LogP contribution in [0.25, 0.3) is 0 Å². The summed E-state index contributed by atoms with van der Waals surface area (Å²) in [5, 5.41) is 6.32. The Hall–Kier alpha value is -4.06. The van der Waals surface area contributed by atoms with Gasteiger partial charge in [-0.3, -0.25) is 9.69 Å². The SMILES string of the molecule is C=CC(=O)Nc1cccc(N2C(=O)N(c3c(Cl)c(OC)cc(OC)c3Cl)Cc3cnc(NCCCCN(CC)CC)nc32)c1. The van der Waals surface area contributed by atoms with Crippen LogP contribution in [0.15, 0.2) is 49.2 Å². The molecule has 0 fully saturated rings. The standard InChI is InChI=1S/C31H37Cl2N7O4/c1-6-25(41)36-21-12-11-13-22(16-21)40-29-20(18-35-30(37-29)34-14-9-10-15-38(7-2)8-3)19-39(31(40)42)28-26(32)23(43-4)17-24(44-5)27(28)33/h6,11-13,16-18H,1,7-10,14-15,19H2,2-5H3,(H,36,41)(H,34,35,37). The highest BCUT2D eigenvalue weighted by Gasteiger charge is 2.37. The minimum absolute atomic E-state index is 0.0808. The second-order valence-corrected chi connectivity index (χ2v) is 10.7. The first kappa shape index (κ1) is 32.8. The van der Waals surface area contributed by atoms with Crippen LogP contribution in [-0.4, -0.2) is 67.2 Å². The monoisotopic (exact) mass is 641 g/mol. The number of urea groups is 1. The molecule has 0 saturated heterocycles. The molecular formula is C31H37Cl2N7O4. The van der Waals surface area contributed by atoms with Gasteiger partial charge in [-0.15, -0.1) is 0 Å². The Balaban J connectivity index is 1.73. The van der Waals surface area contributed by atoms with Gasteiger partial charge in [0.05, 0.1) is 32.1 Å². The molecule has 2 heterocycles. The van der Waals surface area contributed by atoms with Crippen molar-refractivity contribution in [1.29, 1.82) is 0 Å². The van der Waals surface area contributed by atoms with Gasteiger partial charge in [-0.1, -0.05) is 49.7 Å². The van der Waals surface area contributed by atoms with E-state index in [1.807, 2.05) is 0 Å². The summed E-state index contributed by atoms with van der Waals surface area (Å²) in [6, 6.07) is 7.93. The third kappa shape index (κ3) is 7.18. The number of hydrogen-bond donors (Lipinski definition) is 2. The molecule has 3 aromatic rings. The number of hydrogen-bond acceptors (Lipinski definition) is 8. The van der Waals surface area contributed by atoms with Crippen molar-refractivity contribution in [2.75, 3.05) is 60.8 Å². The molecule has 0 atom stereocenters. The Bertz CT molecular complexity index is 1490. The largest absolute Gasteiger partial charge is 0.495 e. The van der Waals surface area contributed by atoms with Crippen LogP contribution in [0.3, 0.4) is 0 Å². The number of carbonyl (C=O) groups excluding carboxylic acids is 2. The van der Waals surface area contributed by atoms with Crippen molar-refractivity contribution in [3.63, 3.8) is 0 Å². The van der Waals surface area contributed by atoms with Crippen molar-refractivity contribution in [1.82, 2.24) is 14.9 Å². The van der Waals surface area contributed by atoms with Crippen molar-refractivity contribution in [2.24, 2.45) is 0 Å². The molecule has 234 valence electrons. The molecule has 1 aliphatic rings. The van der Waals surface area contributed by atoms with Crippen LogP contribution in [0.2, 0.25) is 10.0 Å². The van der Waals surface area contributed by atoms with Crippen LogP contribution in [0.5, 0.6) is 11.5 Å². The van der Waals surface area contributed by atoms with E-state index in [4.69, 9.17) is 37.7 Å². The molecule has 0 spiro atoms. The third-order valence-electron chi connectivity index (χ3n) is 7.26. The Morgan fingerprint density at radius 1 is 1.11 bits per heavy atom. The lowest BCUT2D eigenvalue weighted by Gasteiger charge is -2.37. The molecule has 44 heavy (non-hydrogen) atoms. The number of methoxy groups -OCH3 is 2. The minimum Gasteiger partial charge on any atom is -0.495 e. The van der Waals surface area contributed by atoms with Crippen LogP contribution in [-0.2, 0) is 11.3 Å². The number of anilines is 5. The van der Waals surface area contributed by atoms with Crippen LogP contribution in [0.4, 0.5) is 33.6 Å². The Kier molecular flexibility index (Phi) is 11.3. The quantitative estimate of drug-likeness (QED) is 0.147. The summed E-state index contributed by atoms with van der Waals surface area (Å²) in [5.74, 6) is 0.984. The van der Waals surface area contributed by atoms with E-state index in [1.54, 1.807) is 36.5 Å². The number of unbranched alkanes of at least 4 members (excludes halogenated alkanes) is 1. The molecule has 2 aromatic carbocycles. The number of nitrogens with one attached hydrogen (secondary N) is 2. The van der Waals surface area contributed by atoms with Crippen molar-refractivity contribution in [3.05, 3.63) is 64.8 Å². The zero-order valence-corrected chi connectivity index (χ0v) is 26.8. The molecule has 1 aliphatic heterocycles. The molecule has 0 bridgehead atoms. The van der Waals surface area contributed by atoms with Crippen molar-refractivity contribution in [3.8, 4) is 11.5 Å². The van der Waals surface area contributed by atoms with E-state index in [9.17, 15) is 9.59 Å². The molecule has 1 aromatic heterocycles. The first-order valence-corrected chi connectivity index (χ1v) is 15.1. The summed E-state index contributed by atoms with van der Waals surface area (Å²) in [7, 11) is 2.93. The van der Waals surface area contributed by atoms with E-state index in [-0.39, 0.29) is 28.2 Å². The summed E-state index contributed by atoms with van der Waals surface area (Å²) >= 11 is 13.5. The van der Waals surface area contributed by atoms with Crippen molar-refractivity contribution < 1.29 is 19.1 Å². The fraction of sp³-hybridized carbons (Fsp3) is 0.355. The minimum atomic E-state index is -0.479. The smallest absolute Gasteiger partial charge is 0.335 e. The molecule has 0 aliphatic carbocycles. The Labute approximate surface area is 267 Å². The van der Waals surface area contributed by atoms with E-state index in [1.165, 1.54) is 30.1 Å². The topological polar surface area (TPSA) is 112 Å². The lowest BCUT2D eigenvalue weighted by molar-refractivity contribution is -0.111. The molecule has 4 rings (SSSR count). The summed E-state index contributed by atoms with van der Waals surface area (Å²) in [6.07, 6.45) is 4.82. The number of fused-ring (bicyclic) bond motifs is 1. The van der Waals surface area contributed by atoms with Crippen LogP contribution in [0, 0.1) is 0 Å². The van der Waals surface area contributed by atoms with Crippen molar-refractivity contribution in [2.45, 2.75) is 33.2 Å². The number of aromatic nitrogens is 2. The molecule has 0 radical (unpaired) electrons. The second-order valence-electron chi connectivity index (χ2n) is 9.91.